The van der Waals surface area contributed by atoms with Crippen LogP contribution in [0.2, 0.25) is 0 Å². The Bertz CT molecular complexity index is 1350. The van der Waals surface area contributed by atoms with Crippen LogP contribution in [0.25, 0.3) is 0 Å². The van der Waals surface area contributed by atoms with Crippen LogP contribution in [-0.4, -0.2) is 51.8 Å². The Morgan fingerprint density at radius 1 is 1.13 bits per heavy atom. The fourth-order valence-electron chi connectivity index (χ4n) is 4.85. The van der Waals surface area contributed by atoms with Crippen molar-refractivity contribution >= 4 is 28.7 Å². The average Bonchev–Trinajstić information content (AvgIpc) is 3.38. The zero-order chi connectivity index (χ0) is 27.9. The van der Waals surface area contributed by atoms with Gasteiger partial charge in [-0.25, -0.2) is 13.9 Å². The molecule has 1 amide bonds. The minimum Gasteiger partial charge on any atom is -0.465 e. The van der Waals surface area contributed by atoms with Crippen LogP contribution in [-0.2, 0) is 39.8 Å². The molecule has 2 unspecified atom stereocenters. The van der Waals surface area contributed by atoms with E-state index in [1.807, 2.05) is 39.1 Å². The number of carbonyl (C=O) groups is 2. The van der Waals surface area contributed by atoms with Crippen LogP contribution in [0.5, 0.6) is 0 Å². The Labute approximate surface area is 232 Å². The van der Waals surface area contributed by atoms with Gasteiger partial charge in [-0.05, 0) is 87.8 Å². The van der Waals surface area contributed by atoms with E-state index in [0.717, 1.165) is 66.0 Å². The van der Waals surface area contributed by atoms with E-state index < -0.39 is 23.0 Å². The minimum atomic E-state index is -1.67. The molecule has 2 aromatic heterocycles. The van der Waals surface area contributed by atoms with Gasteiger partial charge in [0.1, 0.15) is 28.5 Å². The summed E-state index contributed by atoms with van der Waals surface area (Å²) in [7, 11) is -1.67. The van der Waals surface area contributed by atoms with E-state index in [1.165, 1.54) is 5.56 Å². The lowest BCUT2D eigenvalue weighted by Gasteiger charge is -2.19. The van der Waals surface area contributed by atoms with Crippen LogP contribution in [0.15, 0.2) is 41.4 Å². The second-order valence-corrected chi connectivity index (χ2v) is 11.1. The summed E-state index contributed by atoms with van der Waals surface area (Å²) in [6.45, 7) is 8.51. The fraction of sp³-hybridized carbons (Fsp3) is 0.414. The average molecular weight is 552 g/mol. The van der Waals surface area contributed by atoms with Gasteiger partial charge < -0.3 is 20.4 Å². The molecule has 0 spiro atoms. The van der Waals surface area contributed by atoms with Crippen molar-refractivity contribution in [1.82, 2.24) is 20.0 Å². The number of benzene rings is 1. The Morgan fingerprint density at radius 2 is 1.90 bits per heavy atom. The lowest BCUT2D eigenvalue weighted by atomic mass is 10.1. The second kappa shape index (κ2) is 13.0. The number of nitrogens with zero attached hydrogens (tertiary/aromatic N) is 1. The SMILES string of the molecule is CCOC(=O)C(CNC(=O)c1cc(CCc2ccc3c(n2)NCCC3)c[nH]1)NS(=O)c1c(C)cc(C)cc1C. The number of amides is 1. The molecule has 3 heterocycles. The van der Waals surface area contributed by atoms with Crippen LogP contribution in [0.1, 0.15) is 57.3 Å². The summed E-state index contributed by atoms with van der Waals surface area (Å²) in [5, 5.41) is 6.13. The first kappa shape index (κ1) is 28.5. The highest BCUT2D eigenvalue weighted by molar-refractivity contribution is 7.83. The number of hydrogen-bond donors (Lipinski definition) is 4. The minimum absolute atomic E-state index is 0.0756. The van der Waals surface area contributed by atoms with Gasteiger partial charge in [-0.15, -0.1) is 0 Å². The quantitative estimate of drug-likeness (QED) is 0.271. The van der Waals surface area contributed by atoms with Crippen molar-refractivity contribution in [3.63, 3.8) is 0 Å². The highest BCUT2D eigenvalue weighted by atomic mass is 32.2. The molecule has 2 atom stereocenters. The van der Waals surface area contributed by atoms with E-state index in [1.54, 1.807) is 13.0 Å². The molecular formula is C29H37N5O4S. The number of H-pyrrole nitrogens is 1. The van der Waals surface area contributed by atoms with Gasteiger partial charge in [-0.3, -0.25) is 9.59 Å². The molecule has 9 nitrogen and oxygen atoms in total. The number of aryl methyl sites for hydroxylation is 6. The van der Waals surface area contributed by atoms with Gasteiger partial charge in [-0.1, -0.05) is 23.8 Å². The number of fused-ring (bicyclic) bond motifs is 1. The Morgan fingerprint density at radius 3 is 2.64 bits per heavy atom. The van der Waals surface area contributed by atoms with Crippen LogP contribution in [0, 0.1) is 20.8 Å². The number of hydrogen-bond acceptors (Lipinski definition) is 6. The normalized spacial score (nSPS) is 14.2. The van der Waals surface area contributed by atoms with Crippen molar-refractivity contribution in [2.45, 2.75) is 64.3 Å². The Kier molecular flexibility index (Phi) is 9.53. The molecule has 0 radical (unpaired) electrons. The maximum absolute atomic E-state index is 13.2. The molecule has 208 valence electrons. The van der Waals surface area contributed by atoms with Crippen molar-refractivity contribution in [2.24, 2.45) is 0 Å². The lowest BCUT2D eigenvalue weighted by molar-refractivity contribution is -0.144. The number of carbonyl (C=O) groups excluding carboxylic acids is 2. The van der Waals surface area contributed by atoms with Gasteiger partial charge in [0.05, 0.1) is 11.5 Å². The first-order valence-electron chi connectivity index (χ1n) is 13.4. The van der Waals surface area contributed by atoms with Crippen molar-refractivity contribution in [3.05, 3.63) is 75.7 Å². The molecule has 0 bridgehead atoms. The standard InChI is InChI=1S/C29H37N5O4S/c1-5-38-29(36)25(34-39(37)26-19(3)13-18(2)14-20(26)4)17-32-28(35)24-15-21(16-31-24)8-10-23-11-9-22-7-6-12-30-27(22)33-23/h9,11,13-16,25,31,34H,5-8,10,12,17H2,1-4H3,(H,30,33)(H,32,35). The molecule has 0 aliphatic carbocycles. The second-order valence-electron chi connectivity index (χ2n) is 9.89. The molecule has 0 fully saturated rings. The zero-order valence-electron chi connectivity index (χ0n) is 23.0. The van der Waals surface area contributed by atoms with Crippen molar-refractivity contribution < 1.29 is 18.5 Å². The third-order valence-corrected chi connectivity index (χ3v) is 8.20. The van der Waals surface area contributed by atoms with E-state index in [9.17, 15) is 13.8 Å². The molecule has 1 aliphatic rings. The van der Waals surface area contributed by atoms with Gasteiger partial charge >= 0.3 is 5.97 Å². The maximum atomic E-state index is 13.2. The number of aromatic amines is 1. The molecule has 3 aromatic rings. The summed E-state index contributed by atoms with van der Waals surface area (Å²) < 4.78 is 21.2. The fourth-order valence-corrected chi connectivity index (χ4v) is 6.11. The van der Waals surface area contributed by atoms with Crippen LogP contribution in [0.4, 0.5) is 5.82 Å². The molecule has 1 aliphatic heterocycles. The number of ether oxygens (including phenoxy) is 1. The summed E-state index contributed by atoms with van der Waals surface area (Å²) >= 11 is 0. The number of rotatable bonds is 11. The Hall–Kier alpha value is -3.50. The Balaban J connectivity index is 1.35. The predicted octanol–water partition coefficient (Wildman–Crippen LogP) is 3.45. The summed E-state index contributed by atoms with van der Waals surface area (Å²) in [5.74, 6) is 0.0426. The summed E-state index contributed by atoms with van der Waals surface area (Å²) in [5.41, 5.74) is 6.44. The number of anilines is 1. The van der Waals surface area contributed by atoms with E-state index in [0.29, 0.717) is 10.6 Å². The van der Waals surface area contributed by atoms with E-state index >= 15 is 0 Å². The van der Waals surface area contributed by atoms with Gasteiger partial charge in [-0.2, -0.15) is 0 Å². The summed E-state index contributed by atoms with van der Waals surface area (Å²) in [6, 6.07) is 8.93. The highest BCUT2D eigenvalue weighted by Gasteiger charge is 2.25. The first-order valence-corrected chi connectivity index (χ1v) is 14.5. The zero-order valence-corrected chi connectivity index (χ0v) is 23.8. The highest BCUT2D eigenvalue weighted by Crippen LogP contribution is 2.21. The monoisotopic (exact) mass is 551 g/mol. The third-order valence-electron chi connectivity index (χ3n) is 6.69. The van der Waals surface area contributed by atoms with Crippen molar-refractivity contribution in [3.8, 4) is 0 Å². The lowest BCUT2D eigenvalue weighted by Crippen LogP contribution is -2.47. The molecular weight excluding hydrogens is 514 g/mol. The van der Waals surface area contributed by atoms with Gasteiger partial charge in [0, 0.05) is 25.0 Å². The number of pyridine rings is 1. The number of nitrogens with one attached hydrogen (secondary N) is 4. The number of aromatic nitrogens is 2. The first-order chi connectivity index (χ1) is 18.7. The smallest absolute Gasteiger partial charge is 0.325 e. The van der Waals surface area contributed by atoms with E-state index in [-0.39, 0.29) is 19.1 Å². The van der Waals surface area contributed by atoms with Gasteiger partial charge in [0.2, 0.25) is 0 Å². The molecule has 4 rings (SSSR count). The van der Waals surface area contributed by atoms with Crippen molar-refractivity contribution in [1.29, 1.82) is 0 Å². The summed E-state index contributed by atoms with van der Waals surface area (Å²) in [4.78, 5) is 33.8. The summed E-state index contributed by atoms with van der Waals surface area (Å²) in [6.07, 6.45) is 5.48. The molecule has 0 saturated heterocycles. The van der Waals surface area contributed by atoms with Crippen LogP contribution < -0.4 is 15.4 Å². The molecule has 10 heteroatoms. The van der Waals surface area contributed by atoms with Crippen molar-refractivity contribution in [2.75, 3.05) is 25.0 Å². The van der Waals surface area contributed by atoms with Crippen LogP contribution >= 0.6 is 0 Å². The van der Waals surface area contributed by atoms with Gasteiger partial charge in [0.15, 0.2) is 0 Å². The topological polar surface area (TPSA) is 125 Å². The van der Waals surface area contributed by atoms with Gasteiger partial charge in [0.25, 0.3) is 5.91 Å². The molecule has 4 N–H and O–H groups in total. The third kappa shape index (κ3) is 7.33. The molecule has 1 aromatic carbocycles. The van der Waals surface area contributed by atoms with E-state index in [4.69, 9.17) is 9.72 Å². The van der Waals surface area contributed by atoms with Crippen LogP contribution in [0.3, 0.4) is 0 Å². The van der Waals surface area contributed by atoms with E-state index in [2.05, 4.69) is 32.5 Å². The largest absolute Gasteiger partial charge is 0.465 e. The predicted molar refractivity (Wildman–Crippen MR) is 152 cm³/mol. The molecule has 39 heavy (non-hydrogen) atoms. The number of esters is 1. The molecule has 0 saturated carbocycles. The maximum Gasteiger partial charge on any atom is 0.325 e.